The van der Waals surface area contributed by atoms with Crippen molar-refractivity contribution in [3.8, 4) is 11.5 Å². The quantitative estimate of drug-likeness (QED) is 0.428. The molecule has 0 aliphatic heterocycles. The van der Waals surface area contributed by atoms with E-state index in [2.05, 4.69) is 11.3 Å². The van der Waals surface area contributed by atoms with E-state index < -0.39 is 11.9 Å². The van der Waals surface area contributed by atoms with Gasteiger partial charge in [0.2, 0.25) is 0 Å². The molecule has 0 unspecified atom stereocenters. The Balaban J connectivity index is 0.000000283. The normalized spacial score (nSPS) is 10.2. The Labute approximate surface area is 163 Å². The molecule has 0 fully saturated rings. The minimum atomic E-state index is -0.956. The monoisotopic (exact) mass is 382 g/mol. The highest BCUT2D eigenvalue weighted by Crippen LogP contribution is 2.13. The molecule has 0 radical (unpaired) electrons. The highest BCUT2D eigenvalue weighted by Gasteiger charge is 1.93. The molecule has 0 spiro atoms. The molecule has 0 heterocycles. The van der Waals surface area contributed by atoms with Gasteiger partial charge in [-0.2, -0.15) is 0 Å². The van der Waals surface area contributed by atoms with Gasteiger partial charge in [0.25, 0.3) is 0 Å². The van der Waals surface area contributed by atoms with Gasteiger partial charge in [-0.05, 0) is 47.5 Å². The molecule has 2 N–H and O–H groups in total. The molecule has 0 saturated carbocycles. The zero-order chi connectivity index (χ0) is 20.8. The van der Waals surface area contributed by atoms with Crippen molar-refractivity contribution < 1.29 is 29.3 Å². The second-order valence-corrected chi connectivity index (χ2v) is 5.29. The predicted molar refractivity (Wildman–Crippen MR) is 108 cm³/mol. The van der Waals surface area contributed by atoms with Gasteiger partial charge in [0, 0.05) is 12.2 Å². The number of aliphatic carboxylic acids is 1. The third-order valence-electron chi connectivity index (χ3n) is 3.17. The fourth-order valence-electron chi connectivity index (χ4n) is 1.82. The van der Waals surface area contributed by atoms with Crippen molar-refractivity contribution in [3.63, 3.8) is 0 Å². The maximum absolute atomic E-state index is 10.7. The lowest BCUT2D eigenvalue weighted by molar-refractivity contribution is -0.135. The average Bonchev–Trinajstić information content (AvgIpc) is 2.71. The van der Waals surface area contributed by atoms with Crippen molar-refractivity contribution in [1.29, 1.82) is 0 Å². The summed E-state index contributed by atoms with van der Waals surface area (Å²) in [4.78, 5) is 21.0. The molecule has 0 aliphatic rings. The van der Waals surface area contributed by atoms with E-state index in [1.807, 2.05) is 0 Å². The number of carboxylic acid groups (broad SMARTS) is 1. The fraction of sp³-hybridized carbons (Fsp3) is 0.0909. The van der Waals surface area contributed by atoms with E-state index in [-0.39, 0.29) is 5.75 Å². The summed E-state index contributed by atoms with van der Waals surface area (Å²) in [5, 5.41) is 17.4. The second-order valence-electron chi connectivity index (χ2n) is 5.29. The van der Waals surface area contributed by atoms with Crippen LogP contribution in [0.1, 0.15) is 11.1 Å². The molecule has 28 heavy (non-hydrogen) atoms. The molecule has 2 rings (SSSR count). The Morgan fingerprint density at radius 2 is 1.50 bits per heavy atom. The lowest BCUT2D eigenvalue weighted by Gasteiger charge is -2.02. The zero-order valence-electron chi connectivity index (χ0n) is 15.4. The first-order valence-corrected chi connectivity index (χ1v) is 8.24. The molecule has 6 heteroatoms. The third kappa shape index (κ3) is 9.62. The first-order chi connectivity index (χ1) is 13.4. The number of benzene rings is 2. The lowest BCUT2D eigenvalue weighted by atomic mass is 10.2. The van der Waals surface area contributed by atoms with Gasteiger partial charge in [-0.1, -0.05) is 36.9 Å². The molecular formula is C22H22O6. The summed E-state index contributed by atoms with van der Waals surface area (Å²) < 4.78 is 9.70. The minimum Gasteiger partial charge on any atom is -0.508 e. The number of ether oxygens (including phenoxy) is 2. The van der Waals surface area contributed by atoms with E-state index in [1.54, 1.807) is 60.7 Å². The SMILES string of the molecule is C=CCOc1ccc(/C=C/C(=O)O)cc1.COC(=O)/C=C/c1ccc(O)cc1. The number of phenolic OH excluding ortho intramolecular Hbond substituents is 1. The van der Waals surface area contributed by atoms with E-state index in [0.29, 0.717) is 6.61 Å². The number of aromatic hydroxyl groups is 1. The third-order valence-corrected chi connectivity index (χ3v) is 3.17. The van der Waals surface area contributed by atoms with E-state index in [4.69, 9.17) is 14.9 Å². The topological polar surface area (TPSA) is 93.1 Å². The van der Waals surface area contributed by atoms with Crippen LogP contribution in [0.4, 0.5) is 0 Å². The fourth-order valence-corrected chi connectivity index (χ4v) is 1.82. The average molecular weight is 382 g/mol. The van der Waals surface area contributed by atoms with Crippen molar-refractivity contribution in [3.05, 3.63) is 84.5 Å². The van der Waals surface area contributed by atoms with Crippen LogP contribution in [0.15, 0.2) is 73.3 Å². The summed E-state index contributed by atoms with van der Waals surface area (Å²) in [5.74, 6) is -0.410. The maximum Gasteiger partial charge on any atom is 0.330 e. The van der Waals surface area contributed by atoms with Crippen LogP contribution in [0.5, 0.6) is 11.5 Å². The summed E-state index contributed by atoms with van der Waals surface area (Å²) in [5.41, 5.74) is 1.66. The van der Waals surface area contributed by atoms with Gasteiger partial charge < -0.3 is 19.7 Å². The Morgan fingerprint density at radius 3 is 2.00 bits per heavy atom. The van der Waals surface area contributed by atoms with E-state index >= 15 is 0 Å². The standard InChI is InChI=1S/C12H12O3.C10H10O3/c1-2-9-15-11-6-3-10(4-7-11)5-8-12(13)14;1-13-10(12)7-4-8-2-5-9(11)6-3-8/h2-8H,1,9H2,(H,13,14);2-7,11H,1H3/b8-5+;7-4+. The molecular weight excluding hydrogens is 360 g/mol. The molecule has 0 aliphatic carbocycles. The number of esters is 1. The van der Waals surface area contributed by atoms with Crippen LogP contribution in [-0.4, -0.2) is 35.9 Å². The van der Waals surface area contributed by atoms with Crippen molar-refractivity contribution in [2.24, 2.45) is 0 Å². The Bertz CT molecular complexity index is 817. The summed E-state index contributed by atoms with van der Waals surface area (Å²) in [7, 11) is 1.32. The summed E-state index contributed by atoms with van der Waals surface area (Å²) in [6.07, 6.45) is 7.23. The molecule has 6 nitrogen and oxygen atoms in total. The van der Waals surface area contributed by atoms with E-state index in [0.717, 1.165) is 23.0 Å². The van der Waals surface area contributed by atoms with Crippen molar-refractivity contribution >= 4 is 24.1 Å². The number of hydrogen-bond acceptors (Lipinski definition) is 5. The number of rotatable bonds is 7. The summed E-state index contributed by atoms with van der Waals surface area (Å²) in [6.45, 7) is 4.00. The molecule has 0 amide bonds. The number of carbonyl (C=O) groups is 2. The number of carboxylic acids is 1. The Hall–Kier alpha value is -3.80. The maximum atomic E-state index is 10.7. The second kappa shape index (κ2) is 12.5. The van der Waals surface area contributed by atoms with Gasteiger partial charge >= 0.3 is 11.9 Å². The van der Waals surface area contributed by atoms with E-state index in [1.165, 1.54) is 19.3 Å². The van der Waals surface area contributed by atoms with Gasteiger partial charge in [-0.25, -0.2) is 9.59 Å². The first-order valence-electron chi connectivity index (χ1n) is 8.24. The van der Waals surface area contributed by atoms with Gasteiger partial charge in [0.1, 0.15) is 18.1 Å². The van der Waals surface area contributed by atoms with Gasteiger partial charge in [0.05, 0.1) is 7.11 Å². The molecule has 2 aromatic carbocycles. The van der Waals surface area contributed by atoms with Crippen molar-refractivity contribution in [1.82, 2.24) is 0 Å². The molecule has 0 saturated heterocycles. The van der Waals surface area contributed by atoms with Crippen LogP contribution in [0.2, 0.25) is 0 Å². The van der Waals surface area contributed by atoms with Crippen LogP contribution < -0.4 is 4.74 Å². The zero-order valence-corrected chi connectivity index (χ0v) is 15.4. The predicted octanol–water partition coefficient (Wildman–Crippen LogP) is 3.93. The van der Waals surface area contributed by atoms with E-state index in [9.17, 15) is 9.59 Å². The van der Waals surface area contributed by atoms with Crippen LogP contribution in [0.25, 0.3) is 12.2 Å². The highest BCUT2D eigenvalue weighted by molar-refractivity contribution is 5.87. The molecule has 0 bridgehead atoms. The van der Waals surface area contributed by atoms with Crippen LogP contribution >= 0.6 is 0 Å². The smallest absolute Gasteiger partial charge is 0.330 e. The molecule has 146 valence electrons. The van der Waals surface area contributed by atoms with Crippen molar-refractivity contribution in [2.75, 3.05) is 13.7 Å². The molecule has 0 aromatic heterocycles. The van der Waals surface area contributed by atoms with Crippen molar-refractivity contribution in [2.45, 2.75) is 0 Å². The Kier molecular flexibility index (Phi) is 9.96. The lowest BCUT2D eigenvalue weighted by Crippen LogP contribution is -1.92. The highest BCUT2D eigenvalue weighted by atomic mass is 16.5. The number of hydrogen-bond donors (Lipinski definition) is 2. The Morgan fingerprint density at radius 1 is 0.964 bits per heavy atom. The summed E-state index contributed by atoms with van der Waals surface area (Å²) in [6, 6.07) is 13.7. The van der Waals surface area contributed by atoms with Crippen LogP contribution in [0.3, 0.4) is 0 Å². The van der Waals surface area contributed by atoms with Gasteiger partial charge in [0.15, 0.2) is 0 Å². The number of methoxy groups -OCH3 is 1. The van der Waals surface area contributed by atoms with Crippen LogP contribution in [-0.2, 0) is 14.3 Å². The number of carbonyl (C=O) groups excluding carboxylic acids is 1. The van der Waals surface area contributed by atoms with Gasteiger partial charge in [-0.3, -0.25) is 0 Å². The largest absolute Gasteiger partial charge is 0.508 e. The summed E-state index contributed by atoms with van der Waals surface area (Å²) >= 11 is 0. The molecule has 2 aromatic rings. The first kappa shape index (κ1) is 22.2. The van der Waals surface area contributed by atoms with Gasteiger partial charge in [-0.15, -0.1) is 0 Å². The number of phenols is 1. The van der Waals surface area contributed by atoms with Crippen LogP contribution in [0, 0.1) is 0 Å². The molecule has 0 atom stereocenters. The minimum absolute atomic E-state index is 0.204.